The molecule has 1 fully saturated rings. The first-order valence-electron chi connectivity index (χ1n) is 6.27. The Labute approximate surface area is 146 Å². The number of nitrogens with zero attached hydrogens (tertiary/aromatic N) is 2. The van der Waals surface area contributed by atoms with Gasteiger partial charge in [0.05, 0.1) is 23.3 Å². The van der Waals surface area contributed by atoms with E-state index in [1.807, 2.05) is 18.4 Å². The van der Waals surface area contributed by atoms with Crippen LogP contribution in [-0.2, 0) is 14.3 Å². The zero-order valence-electron chi connectivity index (χ0n) is 12.2. The van der Waals surface area contributed by atoms with Crippen molar-refractivity contribution in [3.8, 4) is 0 Å². The van der Waals surface area contributed by atoms with Gasteiger partial charge < -0.3 is 4.74 Å². The molecule has 1 amide bonds. The molecular formula is C14H12ClN3O3S2. The summed E-state index contributed by atoms with van der Waals surface area (Å²) in [5.74, 6) is -1.02. The van der Waals surface area contributed by atoms with Crippen LogP contribution in [0.1, 0.15) is 5.56 Å². The number of carbonyl (C=O) groups excluding carboxylic acids is 2. The predicted octanol–water partition coefficient (Wildman–Crippen LogP) is 2.67. The molecule has 0 spiro atoms. The van der Waals surface area contributed by atoms with Crippen molar-refractivity contribution in [1.29, 1.82) is 0 Å². The lowest BCUT2D eigenvalue weighted by atomic mass is 10.2. The molecule has 1 aliphatic rings. The third-order valence-electron chi connectivity index (χ3n) is 2.67. The lowest BCUT2D eigenvalue weighted by Gasteiger charge is -2.03. The fraction of sp³-hybridized carbons (Fsp3) is 0.143. The summed E-state index contributed by atoms with van der Waals surface area (Å²) in [6.45, 7) is 0. The Hall–Kier alpha value is -1.77. The van der Waals surface area contributed by atoms with Crippen LogP contribution >= 0.6 is 35.1 Å². The quantitative estimate of drug-likeness (QED) is 0.290. The predicted molar refractivity (Wildman–Crippen MR) is 94.1 cm³/mol. The van der Waals surface area contributed by atoms with E-state index < -0.39 is 11.9 Å². The second kappa shape index (κ2) is 8.19. The summed E-state index contributed by atoms with van der Waals surface area (Å²) in [6, 6.07) is 5.54. The molecule has 120 valence electrons. The highest BCUT2D eigenvalue weighted by Crippen LogP contribution is 2.26. The lowest BCUT2D eigenvalue weighted by Crippen LogP contribution is -2.19. The van der Waals surface area contributed by atoms with Crippen LogP contribution in [0.5, 0.6) is 0 Å². The van der Waals surface area contributed by atoms with Crippen LogP contribution in [0, 0.1) is 0 Å². The Balaban J connectivity index is 2.15. The van der Waals surface area contributed by atoms with E-state index in [1.54, 1.807) is 17.8 Å². The van der Waals surface area contributed by atoms with Crippen LogP contribution in [-0.4, -0.2) is 36.6 Å². The molecule has 0 bridgehead atoms. The standard InChI is InChI=1S/C14H12ClN3O3S2/c1-21-12(19)6-11-13(20)17-14(23-11)18-16-7-8-9(15)4-3-5-10(8)22-2/h3-7H,1-2H3,(H,17,18,20)/b11-6+,16-7?. The number of esters is 1. The minimum Gasteiger partial charge on any atom is -0.466 e. The lowest BCUT2D eigenvalue weighted by molar-refractivity contribution is -0.135. The van der Waals surface area contributed by atoms with Gasteiger partial charge in [0.15, 0.2) is 5.17 Å². The summed E-state index contributed by atoms with van der Waals surface area (Å²) >= 11 is 8.69. The van der Waals surface area contributed by atoms with Gasteiger partial charge in [-0.15, -0.1) is 16.9 Å². The summed E-state index contributed by atoms with van der Waals surface area (Å²) in [6.07, 6.45) is 4.56. The zero-order valence-corrected chi connectivity index (χ0v) is 14.6. The molecule has 0 aliphatic carbocycles. The highest BCUT2D eigenvalue weighted by Gasteiger charge is 2.25. The fourth-order valence-electron chi connectivity index (χ4n) is 1.60. The monoisotopic (exact) mass is 369 g/mol. The van der Waals surface area contributed by atoms with Crippen LogP contribution in [0.3, 0.4) is 0 Å². The number of ether oxygens (including phenoxy) is 1. The molecule has 23 heavy (non-hydrogen) atoms. The van der Waals surface area contributed by atoms with E-state index in [4.69, 9.17) is 11.6 Å². The molecule has 1 aromatic rings. The molecule has 6 nitrogen and oxygen atoms in total. The number of hydrogen-bond acceptors (Lipinski definition) is 7. The van der Waals surface area contributed by atoms with E-state index in [2.05, 4.69) is 20.3 Å². The van der Waals surface area contributed by atoms with Gasteiger partial charge >= 0.3 is 5.97 Å². The van der Waals surface area contributed by atoms with Crippen LogP contribution in [0.4, 0.5) is 0 Å². The van der Waals surface area contributed by atoms with Crippen LogP contribution in [0.25, 0.3) is 0 Å². The normalized spacial score (nSPS) is 18.0. The van der Waals surface area contributed by atoms with Gasteiger partial charge in [0.2, 0.25) is 0 Å². The second-order valence-corrected chi connectivity index (χ2v) is 6.38. The molecule has 0 radical (unpaired) electrons. The number of rotatable bonds is 4. The summed E-state index contributed by atoms with van der Waals surface area (Å²) in [5.41, 5.74) is 0.755. The Kier molecular flexibility index (Phi) is 6.26. The summed E-state index contributed by atoms with van der Waals surface area (Å²) < 4.78 is 4.48. The Bertz CT molecular complexity index is 732. The first kappa shape index (κ1) is 17.6. The van der Waals surface area contributed by atoms with Gasteiger partial charge in [-0.3, -0.25) is 10.1 Å². The first-order chi connectivity index (χ1) is 11.0. The van der Waals surface area contributed by atoms with E-state index in [-0.39, 0.29) is 10.1 Å². The molecule has 1 aromatic carbocycles. The topological polar surface area (TPSA) is 80.1 Å². The van der Waals surface area contributed by atoms with E-state index >= 15 is 0 Å². The summed E-state index contributed by atoms with van der Waals surface area (Å²) in [5, 5.41) is 11.2. The minimum atomic E-state index is -0.604. The number of carbonyl (C=O) groups is 2. The maximum atomic E-state index is 11.7. The molecule has 0 atom stereocenters. The average molecular weight is 370 g/mol. The third-order valence-corrected chi connectivity index (χ3v) is 4.69. The van der Waals surface area contributed by atoms with E-state index in [9.17, 15) is 9.59 Å². The van der Waals surface area contributed by atoms with Crippen molar-refractivity contribution in [2.45, 2.75) is 4.90 Å². The molecule has 1 saturated heterocycles. The van der Waals surface area contributed by atoms with Gasteiger partial charge in [-0.1, -0.05) is 17.7 Å². The van der Waals surface area contributed by atoms with Gasteiger partial charge in [-0.2, -0.15) is 5.10 Å². The van der Waals surface area contributed by atoms with Crippen molar-refractivity contribution in [3.63, 3.8) is 0 Å². The number of amides is 1. The molecule has 0 unspecified atom stereocenters. The summed E-state index contributed by atoms with van der Waals surface area (Å²) in [4.78, 5) is 24.0. The maximum Gasteiger partial charge on any atom is 0.331 e. The SMILES string of the molecule is COC(=O)/C=C1/S/C(=N\N=Cc2c(Cl)cccc2SC)NC1=O. The molecule has 1 aliphatic heterocycles. The second-order valence-electron chi connectivity index (χ2n) is 4.09. The van der Waals surface area contributed by atoms with Crippen molar-refractivity contribution in [1.82, 2.24) is 5.32 Å². The highest BCUT2D eigenvalue weighted by atomic mass is 35.5. The van der Waals surface area contributed by atoms with Gasteiger partial charge in [0.25, 0.3) is 5.91 Å². The third kappa shape index (κ3) is 4.60. The Morgan fingerprint density at radius 3 is 2.96 bits per heavy atom. The van der Waals surface area contributed by atoms with Crippen molar-refractivity contribution >= 4 is 58.4 Å². The number of amidine groups is 1. The van der Waals surface area contributed by atoms with Crippen LogP contribution in [0.15, 0.2) is 44.3 Å². The van der Waals surface area contributed by atoms with Gasteiger partial charge in [-0.25, -0.2) is 4.79 Å². The molecule has 1 heterocycles. The number of thioether (sulfide) groups is 2. The molecule has 1 N–H and O–H groups in total. The maximum absolute atomic E-state index is 11.7. The molecule has 0 saturated carbocycles. The van der Waals surface area contributed by atoms with Crippen molar-refractivity contribution in [2.24, 2.45) is 10.2 Å². The molecule has 0 aromatic heterocycles. The Morgan fingerprint density at radius 1 is 1.48 bits per heavy atom. The van der Waals surface area contributed by atoms with Crippen molar-refractivity contribution in [2.75, 3.05) is 13.4 Å². The first-order valence-corrected chi connectivity index (χ1v) is 8.69. The number of hydrogen-bond donors (Lipinski definition) is 1. The van der Waals surface area contributed by atoms with Crippen molar-refractivity contribution < 1.29 is 14.3 Å². The smallest absolute Gasteiger partial charge is 0.331 e. The van der Waals surface area contributed by atoms with Crippen molar-refractivity contribution in [3.05, 3.63) is 39.8 Å². The molecular weight excluding hydrogens is 358 g/mol. The van der Waals surface area contributed by atoms with Gasteiger partial charge in [-0.05, 0) is 30.2 Å². The van der Waals surface area contributed by atoms with Crippen LogP contribution in [0.2, 0.25) is 5.02 Å². The Morgan fingerprint density at radius 2 is 2.26 bits per heavy atom. The number of nitrogens with one attached hydrogen (secondary N) is 1. The van der Waals surface area contributed by atoms with E-state index in [0.717, 1.165) is 28.3 Å². The number of methoxy groups -OCH3 is 1. The average Bonchev–Trinajstić information content (AvgIpc) is 2.88. The van der Waals surface area contributed by atoms with E-state index in [1.165, 1.54) is 13.3 Å². The molecule has 9 heteroatoms. The van der Waals surface area contributed by atoms with Crippen LogP contribution < -0.4 is 5.32 Å². The largest absolute Gasteiger partial charge is 0.466 e. The zero-order chi connectivity index (χ0) is 16.8. The fourth-order valence-corrected chi connectivity index (χ4v) is 3.22. The molecule has 2 rings (SSSR count). The number of halogens is 1. The van der Waals surface area contributed by atoms with E-state index in [0.29, 0.717) is 5.02 Å². The minimum absolute atomic E-state index is 0.202. The summed E-state index contributed by atoms with van der Waals surface area (Å²) in [7, 11) is 1.24. The number of benzene rings is 1. The van der Waals surface area contributed by atoms with Gasteiger partial charge in [0, 0.05) is 16.5 Å². The highest BCUT2D eigenvalue weighted by molar-refractivity contribution is 8.18. The van der Waals surface area contributed by atoms with Gasteiger partial charge in [0.1, 0.15) is 0 Å².